The minimum Gasteiger partial charge on any atom is -0.445 e. The van der Waals surface area contributed by atoms with E-state index in [-0.39, 0.29) is 37.3 Å². The fourth-order valence-electron chi connectivity index (χ4n) is 2.55. The summed E-state index contributed by atoms with van der Waals surface area (Å²) in [6.45, 7) is 1.85. The van der Waals surface area contributed by atoms with Crippen LogP contribution in [0.4, 0.5) is 10.5 Å². The third-order valence-electron chi connectivity index (χ3n) is 3.73. The molecule has 0 saturated carbocycles. The topological polar surface area (TPSA) is 84.7 Å². The van der Waals surface area contributed by atoms with Crippen LogP contribution in [-0.4, -0.2) is 41.6 Å². The molecule has 0 aromatic heterocycles. The number of rotatable bonds is 5. The lowest BCUT2D eigenvalue weighted by Gasteiger charge is -2.32. The van der Waals surface area contributed by atoms with Gasteiger partial charge >= 0.3 is 6.09 Å². The Hall–Kier alpha value is -2.30. The fraction of sp³-hybridized carbons (Fsp3) is 0.438. The highest BCUT2D eigenvalue weighted by Crippen LogP contribution is 2.16. The molecular formula is C16H20ClN3O4. The highest BCUT2D eigenvalue weighted by Gasteiger charge is 2.25. The number of benzene rings is 1. The molecule has 0 atom stereocenters. The first-order valence-electron chi connectivity index (χ1n) is 7.42. The summed E-state index contributed by atoms with van der Waals surface area (Å²) < 4.78 is 5.28. The van der Waals surface area contributed by atoms with Crippen molar-refractivity contribution in [3.05, 3.63) is 39.9 Å². The molecule has 0 unspecified atom stereocenters. The Kier molecular flexibility index (Phi) is 8.02. The highest BCUT2D eigenvalue weighted by atomic mass is 35.5. The minimum absolute atomic E-state index is 0. The van der Waals surface area contributed by atoms with Crippen LogP contribution in [0.5, 0.6) is 0 Å². The standard InChI is InChI=1S/C16H19N3O4.ClH/c1-2-10-18(14-6-8-17-9-7-14)16(20)23-12-13-4-3-5-15(11-13)19(21)22;/h1,3-5,11,14,17H,6-10,12H2;1H. The van der Waals surface area contributed by atoms with Crippen molar-refractivity contribution in [3.8, 4) is 12.3 Å². The zero-order chi connectivity index (χ0) is 16.7. The molecule has 1 saturated heterocycles. The van der Waals surface area contributed by atoms with Gasteiger partial charge in [-0.15, -0.1) is 18.8 Å². The van der Waals surface area contributed by atoms with Crippen LogP contribution in [-0.2, 0) is 11.3 Å². The van der Waals surface area contributed by atoms with Gasteiger partial charge in [0, 0.05) is 18.2 Å². The van der Waals surface area contributed by atoms with Crippen molar-refractivity contribution in [3.63, 3.8) is 0 Å². The molecule has 0 bridgehead atoms. The van der Waals surface area contributed by atoms with Crippen LogP contribution < -0.4 is 5.32 Å². The third-order valence-corrected chi connectivity index (χ3v) is 3.73. The monoisotopic (exact) mass is 353 g/mol. The molecule has 1 amide bonds. The van der Waals surface area contributed by atoms with Crippen molar-refractivity contribution >= 4 is 24.2 Å². The van der Waals surface area contributed by atoms with Crippen LogP contribution in [0.25, 0.3) is 0 Å². The Morgan fingerprint density at radius 3 is 2.79 bits per heavy atom. The molecule has 7 nitrogen and oxygen atoms in total. The van der Waals surface area contributed by atoms with Gasteiger partial charge in [-0.05, 0) is 31.5 Å². The van der Waals surface area contributed by atoms with Crippen molar-refractivity contribution in [2.45, 2.75) is 25.5 Å². The summed E-state index contributed by atoms with van der Waals surface area (Å²) in [5.41, 5.74) is 0.538. The average Bonchev–Trinajstić information content (AvgIpc) is 2.58. The number of amides is 1. The lowest BCUT2D eigenvalue weighted by molar-refractivity contribution is -0.384. The molecule has 1 aliphatic heterocycles. The summed E-state index contributed by atoms with van der Waals surface area (Å²) in [5, 5.41) is 14.0. The number of hydrogen-bond acceptors (Lipinski definition) is 5. The van der Waals surface area contributed by atoms with E-state index in [4.69, 9.17) is 11.2 Å². The number of ether oxygens (including phenoxy) is 1. The summed E-state index contributed by atoms with van der Waals surface area (Å²) in [4.78, 5) is 24.1. The molecule has 130 valence electrons. The second-order valence-electron chi connectivity index (χ2n) is 5.29. The second kappa shape index (κ2) is 9.75. The van der Waals surface area contributed by atoms with Crippen molar-refractivity contribution in [2.24, 2.45) is 0 Å². The first kappa shape index (κ1) is 19.7. The minimum atomic E-state index is -0.485. The van der Waals surface area contributed by atoms with E-state index < -0.39 is 11.0 Å². The van der Waals surface area contributed by atoms with Gasteiger partial charge in [-0.25, -0.2) is 4.79 Å². The van der Waals surface area contributed by atoms with E-state index >= 15 is 0 Å². The Bertz CT molecular complexity index is 612. The number of nitrogens with zero attached hydrogens (tertiary/aromatic N) is 2. The molecule has 0 spiro atoms. The van der Waals surface area contributed by atoms with Crippen LogP contribution in [0.2, 0.25) is 0 Å². The maximum absolute atomic E-state index is 12.3. The SMILES string of the molecule is C#CCN(C(=O)OCc1cccc([N+](=O)[O-])c1)C1CCNCC1.Cl. The summed E-state index contributed by atoms with van der Waals surface area (Å²) >= 11 is 0. The normalized spacial score (nSPS) is 14.1. The first-order valence-corrected chi connectivity index (χ1v) is 7.42. The van der Waals surface area contributed by atoms with E-state index in [2.05, 4.69) is 11.2 Å². The second-order valence-corrected chi connectivity index (χ2v) is 5.29. The van der Waals surface area contributed by atoms with Gasteiger partial charge in [-0.1, -0.05) is 18.1 Å². The number of non-ortho nitro benzene ring substituents is 1. The van der Waals surface area contributed by atoms with Gasteiger partial charge in [0.1, 0.15) is 6.61 Å². The molecule has 0 radical (unpaired) electrons. The zero-order valence-electron chi connectivity index (χ0n) is 13.1. The molecule has 1 N–H and O–H groups in total. The summed E-state index contributed by atoms with van der Waals surface area (Å²) in [7, 11) is 0. The van der Waals surface area contributed by atoms with Gasteiger partial charge in [0.2, 0.25) is 0 Å². The maximum Gasteiger partial charge on any atom is 0.411 e. The van der Waals surface area contributed by atoms with Crippen LogP contribution in [0.15, 0.2) is 24.3 Å². The van der Waals surface area contributed by atoms with E-state index in [1.807, 2.05) is 0 Å². The number of nitro benzene ring substituents is 1. The Morgan fingerprint density at radius 1 is 1.46 bits per heavy atom. The van der Waals surface area contributed by atoms with Gasteiger partial charge < -0.3 is 10.1 Å². The lowest BCUT2D eigenvalue weighted by atomic mass is 10.1. The molecule has 8 heteroatoms. The van der Waals surface area contributed by atoms with E-state index in [9.17, 15) is 14.9 Å². The summed E-state index contributed by atoms with van der Waals surface area (Å²) in [5.74, 6) is 2.48. The highest BCUT2D eigenvalue weighted by molar-refractivity contribution is 5.85. The molecule has 0 aliphatic carbocycles. The van der Waals surface area contributed by atoms with Crippen molar-refractivity contribution in [2.75, 3.05) is 19.6 Å². The Morgan fingerprint density at radius 2 is 2.17 bits per heavy atom. The molecule has 1 aliphatic rings. The van der Waals surface area contributed by atoms with Crippen molar-refractivity contribution in [1.29, 1.82) is 0 Å². The summed E-state index contributed by atoms with van der Waals surface area (Å²) in [6.07, 6.45) is 6.51. The van der Waals surface area contributed by atoms with E-state index in [0.717, 1.165) is 25.9 Å². The number of nitrogens with one attached hydrogen (secondary N) is 1. The third kappa shape index (κ3) is 5.41. The lowest BCUT2D eigenvalue weighted by Crippen LogP contribution is -2.46. The molecule has 1 fully saturated rings. The first-order chi connectivity index (χ1) is 11.1. The van der Waals surface area contributed by atoms with Crippen LogP contribution in [0, 0.1) is 22.5 Å². The molecule has 1 aromatic rings. The summed E-state index contributed by atoms with van der Waals surface area (Å²) in [6, 6.07) is 6.09. The van der Waals surface area contributed by atoms with Crippen LogP contribution in [0.3, 0.4) is 0 Å². The molecule has 1 aromatic carbocycles. The van der Waals surface area contributed by atoms with Crippen molar-refractivity contribution < 1.29 is 14.5 Å². The number of carbonyl (C=O) groups is 1. The van der Waals surface area contributed by atoms with E-state index in [0.29, 0.717) is 5.56 Å². The van der Waals surface area contributed by atoms with Gasteiger partial charge in [0.25, 0.3) is 5.69 Å². The number of halogens is 1. The Balaban J connectivity index is 0.00000288. The van der Waals surface area contributed by atoms with Gasteiger partial charge in [-0.2, -0.15) is 0 Å². The number of hydrogen-bond donors (Lipinski definition) is 1. The zero-order valence-corrected chi connectivity index (χ0v) is 14.0. The molecule has 1 heterocycles. The quantitative estimate of drug-likeness (QED) is 0.499. The average molecular weight is 354 g/mol. The van der Waals surface area contributed by atoms with Crippen LogP contribution in [0.1, 0.15) is 18.4 Å². The molecule has 24 heavy (non-hydrogen) atoms. The smallest absolute Gasteiger partial charge is 0.411 e. The van der Waals surface area contributed by atoms with Crippen molar-refractivity contribution in [1.82, 2.24) is 10.2 Å². The van der Waals surface area contributed by atoms with E-state index in [1.54, 1.807) is 17.0 Å². The largest absolute Gasteiger partial charge is 0.445 e. The number of carbonyl (C=O) groups excluding carboxylic acids is 1. The fourth-order valence-corrected chi connectivity index (χ4v) is 2.55. The molecule has 2 rings (SSSR count). The Labute approximate surface area is 146 Å². The van der Waals surface area contributed by atoms with Gasteiger partial charge in [-0.3, -0.25) is 15.0 Å². The maximum atomic E-state index is 12.3. The number of terminal acetylenes is 1. The predicted octanol–water partition coefficient (Wildman–Crippen LogP) is 2.34. The van der Waals surface area contributed by atoms with Crippen LogP contribution >= 0.6 is 12.4 Å². The van der Waals surface area contributed by atoms with Gasteiger partial charge in [0.05, 0.1) is 11.5 Å². The molecular weight excluding hydrogens is 334 g/mol. The number of nitro groups is 1. The van der Waals surface area contributed by atoms with E-state index in [1.165, 1.54) is 12.1 Å². The predicted molar refractivity (Wildman–Crippen MR) is 92.0 cm³/mol. The van der Waals surface area contributed by atoms with Gasteiger partial charge in [0.15, 0.2) is 0 Å². The number of piperidine rings is 1.